The molecule has 0 unspecified atom stereocenters. The molecule has 3 rings (SSSR count). The smallest absolute Gasteiger partial charge is 0.308 e. The largest absolute Gasteiger partial charge is 0.481 e. The van der Waals surface area contributed by atoms with Gasteiger partial charge in [0.1, 0.15) is 0 Å². The molecule has 0 aromatic heterocycles. The number of aliphatic carboxylic acids is 1. The predicted octanol–water partition coefficient (Wildman–Crippen LogP) is 2.40. The maximum atomic E-state index is 12.5. The lowest BCUT2D eigenvalue weighted by atomic mass is 9.89. The van der Waals surface area contributed by atoms with Crippen molar-refractivity contribution >= 4 is 29.4 Å². The van der Waals surface area contributed by atoms with Gasteiger partial charge in [-0.15, -0.1) is 0 Å². The summed E-state index contributed by atoms with van der Waals surface area (Å²) in [6.45, 7) is 0.231. The highest BCUT2D eigenvalue weighted by atomic mass is 35.5. The zero-order valence-corrected chi connectivity index (χ0v) is 15.2. The van der Waals surface area contributed by atoms with Crippen molar-refractivity contribution in [3.8, 4) is 0 Å². The van der Waals surface area contributed by atoms with Crippen molar-refractivity contribution in [3.05, 3.63) is 70.7 Å². The van der Waals surface area contributed by atoms with Gasteiger partial charge < -0.3 is 15.3 Å². The van der Waals surface area contributed by atoms with E-state index >= 15 is 0 Å². The van der Waals surface area contributed by atoms with Gasteiger partial charge in [0.2, 0.25) is 5.91 Å². The number of hydrogen-bond donors (Lipinski definition) is 2. The number of nitrogens with zero attached hydrogens (tertiary/aromatic N) is 1. The molecular formula is C20H19ClN2O4. The molecule has 0 bridgehead atoms. The molecular weight excluding hydrogens is 368 g/mol. The van der Waals surface area contributed by atoms with Crippen LogP contribution in [0.5, 0.6) is 0 Å². The number of carboxylic acids is 1. The van der Waals surface area contributed by atoms with Gasteiger partial charge in [0.15, 0.2) is 0 Å². The van der Waals surface area contributed by atoms with Gasteiger partial charge >= 0.3 is 5.97 Å². The summed E-state index contributed by atoms with van der Waals surface area (Å²) in [5.41, 5.74) is 1.30. The molecule has 0 saturated carbocycles. The first-order valence-electron chi connectivity index (χ1n) is 8.55. The van der Waals surface area contributed by atoms with Crippen molar-refractivity contribution in [2.75, 3.05) is 19.6 Å². The number of halogens is 1. The number of benzene rings is 2. The van der Waals surface area contributed by atoms with E-state index in [9.17, 15) is 19.5 Å². The molecule has 0 radical (unpaired) electrons. The Hall–Kier alpha value is -2.86. The van der Waals surface area contributed by atoms with Crippen LogP contribution in [0, 0.1) is 5.92 Å². The lowest BCUT2D eigenvalue weighted by Gasteiger charge is -2.17. The minimum atomic E-state index is -0.946. The summed E-state index contributed by atoms with van der Waals surface area (Å²) in [5, 5.41) is 12.7. The fourth-order valence-corrected chi connectivity index (χ4v) is 3.39. The molecule has 1 fully saturated rings. The fraction of sp³-hybridized carbons (Fsp3) is 0.250. The Morgan fingerprint density at radius 2 is 1.70 bits per heavy atom. The van der Waals surface area contributed by atoms with Crippen molar-refractivity contribution in [1.82, 2.24) is 10.2 Å². The average molecular weight is 387 g/mol. The molecule has 0 aliphatic carbocycles. The van der Waals surface area contributed by atoms with Crippen LogP contribution in [0.1, 0.15) is 21.8 Å². The lowest BCUT2D eigenvalue weighted by Crippen LogP contribution is -2.39. The van der Waals surface area contributed by atoms with Gasteiger partial charge in [0.25, 0.3) is 5.91 Å². The summed E-state index contributed by atoms with van der Waals surface area (Å²) in [6.07, 6.45) is 0. The monoisotopic (exact) mass is 386 g/mol. The molecule has 1 aliphatic heterocycles. The topological polar surface area (TPSA) is 86.7 Å². The van der Waals surface area contributed by atoms with Gasteiger partial charge in [-0.25, -0.2) is 0 Å². The molecule has 27 heavy (non-hydrogen) atoms. The zero-order chi connectivity index (χ0) is 19.4. The van der Waals surface area contributed by atoms with Crippen molar-refractivity contribution in [2.24, 2.45) is 5.92 Å². The second-order valence-corrected chi connectivity index (χ2v) is 6.89. The van der Waals surface area contributed by atoms with Crippen LogP contribution >= 0.6 is 11.6 Å². The van der Waals surface area contributed by atoms with E-state index in [4.69, 9.17) is 11.6 Å². The highest BCUT2D eigenvalue weighted by Crippen LogP contribution is 2.33. The van der Waals surface area contributed by atoms with Crippen LogP contribution in [0.25, 0.3) is 0 Å². The average Bonchev–Trinajstić information content (AvgIpc) is 3.13. The first kappa shape index (κ1) is 18.9. The number of amides is 2. The van der Waals surface area contributed by atoms with Gasteiger partial charge in [0, 0.05) is 29.6 Å². The Kier molecular flexibility index (Phi) is 5.76. The highest BCUT2D eigenvalue weighted by Gasteiger charge is 2.40. The highest BCUT2D eigenvalue weighted by molar-refractivity contribution is 6.30. The Morgan fingerprint density at radius 1 is 1.04 bits per heavy atom. The minimum absolute atomic E-state index is 0.114. The Morgan fingerprint density at radius 3 is 2.33 bits per heavy atom. The SMILES string of the molecule is O=C(NCC(=O)N1C[C@@H](C(=O)O)[C@H](c2ccc(Cl)cc2)C1)c1ccccc1. The zero-order valence-electron chi connectivity index (χ0n) is 14.5. The van der Waals surface area contributed by atoms with Crippen LogP contribution in [0.15, 0.2) is 54.6 Å². The summed E-state index contributed by atoms with van der Waals surface area (Å²) < 4.78 is 0. The predicted molar refractivity (Wildman–Crippen MR) is 101 cm³/mol. The maximum Gasteiger partial charge on any atom is 0.308 e. The molecule has 1 heterocycles. The Labute approximate surface area is 161 Å². The van der Waals surface area contributed by atoms with Gasteiger partial charge in [-0.1, -0.05) is 41.9 Å². The van der Waals surface area contributed by atoms with Crippen molar-refractivity contribution < 1.29 is 19.5 Å². The fourth-order valence-electron chi connectivity index (χ4n) is 3.26. The van der Waals surface area contributed by atoms with E-state index in [0.717, 1.165) is 5.56 Å². The Balaban J connectivity index is 1.64. The second kappa shape index (κ2) is 8.22. The number of carboxylic acid groups (broad SMARTS) is 1. The van der Waals surface area contributed by atoms with Crippen LogP contribution < -0.4 is 5.32 Å². The molecule has 6 nitrogen and oxygen atoms in total. The third-order valence-corrected chi connectivity index (χ3v) is 4.98. The molecule has 2 aromatic carbocycles. The van der Waals surface area contributed by atoms with Crippen LogP contribution in [-0.4, -0.2) is 47.4 Å². The van der Waals surface area contributed by atoms with Gasteiger partial charge in [-0.05, 0) is 29.8 Å². The summed E-state index contributed by atoms with van der Waals surface area (Å²) in [5.74, 6) is -2.60. The van der Waals surface area contributed by atoms with E-state index in [0.29, 0.717) is 17.1 Å². The second-order valence-electron chi connectivity index (χ2n) is 6.45. The summed E-state index contributed by atoms with van der Waals surface area (Å²) in [6, 6.07) is 15.6. The number of carbonyl (C=O) groups is 3. The quantitative estimate of drug-likeness (QED) is 0.826. The van der Waals surface area contributed by atoms with Gasteiger partial charge in [-0.2, -0.15) is 0 Å². The molecule has 2 atom stereocenters. The van der Waals surface area contributed by atoms with Gasteiger partial charge in [0.05, 0.1) is 12.5 Å². The van der Waals surface area contributed by atoms with Crippen LogP contribution in [-0.2, 0) is 9.59 Å². The first-order chi connectivity index (χ1) is 13.0. The molecule has 7 heteroatoms. The molecule has 2 N–H and O–H groups in total. The molecule has 2 aromatic rings. The molecule has 2 amide bonds. The molecule has 1 aliphatic rings. The molecule has 140 valence electrons. The number of likely N-dealkylation sites (tertiary alicyclic amines) is 1. The van der Waals surface area contributed by atoms with E-state index < -0.39 is 11.9 Å². The third kappa shape index (κ3) is 4.46. The third-order valence-electron chi connectivity index (χ3n) is 4.72. The normalized spacial score (nSPS) is 18.9. The Bertz CT molecular complexity index is 839. The van der Waals surface area contributed by atoms with Crippen LogP contribution in [0.3, 0.4) is 0 Å². The first-order valence-corrected chi connectivity index (χ1v) is 8.93. The van der Waals surface area contributed by atoms with E-state index in [1.54, 1.807) is 54.6 Å². The summed E-state index contributed by atoms with van der Waals surface area (Å²) in [4.78, 5) is 37.7. The van der Waals surface area contributed by atoms with Crippen molar-refractivity contribution in [2.45, 2.75) is 5.92 Å². The lowest BCUT2D eigenvalue weighted by molar-refractivity contribution is -0.141. The number of nitrogens with one attached hydrogen (secondary N) is 1. The van der Waals surface area contributed by atoms with Crippen molar-refractivity contribution in [3.63, 3.8) is 0 Å². The van der Waals surface area contributed by atoms with E-state index in [2.05, 4.69) is 5.32 Å². The van der Waals surface area contributed by atoms with Gasteiger partial charge in [-0.3, -0.25) is 14.4 Å². The van der Waals surface area contributed by atoms with E-state index in [-0.39, 0.29) is 30.8 Å². The number of carbonyl (C=O) groups excluding carboxylic acids is 2. The van der Waals surface area contributed by atoms with Crippen molar-refractivity contribution in [1.29, 1.82) is 0 Å². The molecule has 1 saturated heterocycles. The summed E-state index contributed by atoms with van der Waals surface area (Å²) in [7, 11) is 0. The van der Waals surface area contributed by atoms with E-state index in [1.165, 1.54) is 4.90 Å². The maximum absolute atomic E-state index is 12.5. The van der Waals surface area contributed by atoms with Crippen LogP contribution in [0.2, 0.25) is 5.02 Å². The minimum Gasteiger partial charge on any atom is -0.481 e. The number of rotatable bonds is 5. The van der Waals surface area contributed by atoms with Crippen LogP contribution in [0.4, 0.5) is 0 Å². The standard InChI is InChI=1S/C20H19ClN2O4/c21-15-8-6-13(7-9-15)16-11-23(12-17(16)20(26)27)18(24)10-22-19(25)14-4-2-1-3-5-14/h1-9,16-17H,10-12H2,(H,22,25)(H,26,27)/t16-,17+/m0/s1. The molecule has 0 spiro atoms. The summed E-state index contributed by atoms with van der Waals surface area (Å²) >= 11 is 5.90. The number of hydrogen-bond acceptors (Lipinski definition) is 3. The van der Waals surface area contributed by atoms with E-state index in [1.807, 2.05) is 0 Å².